The number of fused-ring (bicyclic) bond motifs is 5. The van der Waals surface area contributed by atoms with Gasteiger partial charge in [-0.3, -0.25) is 4.79 Å². The number of carbonyl (C=O) groups is 1. The topological polar surface area (TPSA) is 26.3 Å². The van der Waals surface area contributed by atoms with Crippen molar-refractivity contribution in [1.29, 1.82) is 0 Å². The van der Waals surface area contributed by atoms with Gasteiger partial charge in [0.1, 0.15) is 6.10 Å². The van der Waals surface area contributed by atoms with E-state index in [1.54, 1.807) is 0 Å². The van der Waals surface area contributed by atoms with Crippen LogP contribution in [0.2, 0.25) is 0 Å². The van der Waals surface area contributed by atoms with Crippen LogP contribution >= 0.6 is 0 Å². The lowest BCUT2D eigenvalue weighted by Crippen LogP contribution is -2.54. The molecule has 4 rings (SSSR count). The molecule has 0 bridgehead atoms. The molecule has 0 N–H and O–H groups in total. The molecule has 0 radical (unpaired) electrons. The summed E-state index contributed by atoms with van der Waals surface area (Å²) in [5, 5.41) is 0. The predicted molar refractivity (Wildman–Crippen MR) is 202 cm³/mol. The predicted octanol–water partition coefficient (Wildman–Crippen LogP) is 13.6. The Morgan fingerprint density at radius 3 is 2.09 bits per heavy atom. The van der Waals surface area contributed by atoms with Crippen LogP contribution in [0.4, 0.5) is 0 Å². The van der Waals surface area contributed by atoms with Crippen molar-refractivity contribution in [3.05, 3.63) is 36.5 Å². The van der Waals surface area contributed by atoms with E-state index in [9.17, 15) is 4.79 Å². The summed E-state index contributed by atoms with van der Waals surface area (Å²) in [6.07, 6.45) is 41.1. The molecule has 268 valence electrons. The second-order valence-corrected chi connectivity index (χ2v) is 17.7. The molecule has 4 fully saturated rings. The van der Waals surface area contributed by atoms with Gasteiger partial charge in [0.15, 0.2) is 0 Å². The number of ether oxygens (including phenoxy) is 1. The number of hydrogen-bond acceptors (Lipinski definition) is 2. The third kappa shape index (κ3) is 10.6. The van der Waals surface area contributed by atoms with Crippen molar-refractivity contribution in [3.63, 3.8) is 0 Å². The summed E-state index contributed by atoms with van der Waals surface area (Å²) in [6, 6.07) is 0. The third-order valence-corrected chi connectivity index (χ3v) is 14.1. The fourth-order valence-electron chi connectivity index (χ4n) is 11.4. The molecule has 4 aliphatic rings. The fourth-order valence-corrected chi connectivity index (χ4v) is 11.4. The maximum absolute atomic E-state index is 12.8. The Kier molecular flexibility index (Phi) is 15.7. The first-order valence-corrected chi connectivity index (χ1v) is 20.8. The van der Waals surface area contributed by atoms with Gasteiger partial charge in [-0.15, -0.1) is 0 Å². The van der Waals surface area contributed by atoms with E-state index in [2.05, 4.69) is 78.0 Å². The highest BCUT2D eigenvalue weighted by molar-refractivity contribution is 5.69. The molecule has 4 aliphatic carbocycles. The van der Waals surface area contributed by atoms with E-state index in [0.29, 0.717) is 17.3 Å². The Hall–Kier alpha value is -1.31. The average Bonchev–Trinajstić information content (AvgIpc) is 3.40. The van der Waals surface area contributed by atoms with Crippen LogP contribution in [0, 0.1) is 52.3 Å². The van der Waals surface area contributed by atoms with Crippen molar-refractivity contribution in [1.82, 2.24) is 0 Å². The highest BCUT2D eigenvalue weighted by atomic mass is 16.5. The number of unbranched alkanes of at least 4 members (excludes halogenated alkanes) is 5. The minimum Gasteiger partial charge on any atom is -0.462 e. The highest BCUT2D eigenvalue weighted by Gasteiger charge is 2.60. The minimum atomic E-state index is 0.0508. The zero-order valence-electron chi connectivity index (χ0n) is 32.0. The van der Waals surface area contributed by atoms with Crippen LogP contribution in [0.3, 0.4) is 0 Å². The van der Waals surface area contributed by atoms with Gasteiger partial charge in [-0.1, -0.05) is 110 Å². The van der Waals surface area contributed by atoms with Gasteiger partial charge >= 0.3 is 5.97 Å². The summed E-state index contributed by atoms with van der Waals surface area (Å²) in [5.74, 6) is 6.25. The zero-order valence-corrected chi connectivity index (χ0v) is 32.0. The molecular formula is C45H76O2. The van der Waals surface area contributed by atoms with Crippen molar-refractivity contribution in [2.75, 3.05) is 0 Å². The lowest BCUT2D eigenvalue weighted by atomic mass is 9.44. The van der Waals surface area contributed by atoms with E-state index >= 15 is 0 Å². The summed E-state index contributed by atoms with van der Waals surface area (Å²) in [6.45, 7) is 15.0. The average molecular weight is 649 g/mol. The maximum Gasteiger partial charge on any atom is 0.306 e. The Bertz CT molecular complexity index is 1010. The van der Waals surface area contributed by atoms with Gasteiger partial charge in [-0.2, -0.15) is 0 Å². The zero-order chi connectivity index (χ0) is 33.7. The van der Waals surface area contributed by atoms with E-state index in [1.807, 2.05) is 0 Å². The molecule has 0 saturated heterocycles. The standard InChI is InChI=1S/C45H76O2/c1-7-8-9-10-11-12-13-14-15-16-17-18-19-20-21-25-43(46)47-38-30-32-44(5)37(34-38)26-27-39-41-29-28-40(36(4)24-22-23-35(2)3)45(41,6)33-31-42(39)44/h11-12,14-15,17-18,35-42H,7-10,13,16,19-34H2,1-6H3/t36-,37?,38?,39+,40-,41+,42+,44+,45-/m1/s1. The molecule has 2 heteroatoms. The Morgan fingerprint density at radius 1 is 0.723 bits per heavy atom. The molecule has 2 unspecified atom stereocenters. The lowest BCUT2D eigenvalue weighted by Gasteiger charge is -2.61. The quantitative estimate of drug-likeness (QED) is 0.0791. The Morgan fingerprint density at radius 2 is 1.38 bits per heavy atom. The van der Waals surface area contributed by atoms with Crippen molar-refractivity contribution < 1.29 is 9.53 Å². The summed E-state index contributed by atoms with van der Waals surface area (Å²) >= 11 is 0. The first-order chi connectivity index (χ1) is 22.7. The largest absolute Gasteiger partial charge is 0.462 e. The van der Waals surface area contributed by atoms with E-state index in [-0.39, 0.29) is 12.1 Å². The summed E-state index contributed by atoms with van der Waals surface area (Å²) in [4.78, 5) is 12.8. The molecule has 4 saturated carbocycles. The number of rotatable bonds is 19. The van der Waals surface area contributed by atoms with Gasteiger partial charge < -0.3 is 4.74 Å². The van der Waals surface area contributed by atoms with Gasteiger partial charge in [-0.05, 0) is 155 Å². The summed E-state index contributed by atoms with van der Waals surface area (Å²) in [5.41, 5.74) is 1.03. The molecular weight excluding hydrogens is 572 g/mol. The van der Waals surface area contributed by atoms with Crippen molar-refractivity contribution in [3.8, 4) is 0 Å². The Balaban J connectivity index is 1.13. The van der Waals surface area contributed by atoms with Crippen molar-refractivity contribution in [2.24, 2.45) is 52.3 Å². The fraction of sp³-hybridized carbons (Fsp3) is 0.844. The van der Waals surface area contributed by atoms with Crippen LogP contribution in [0.25, 0.3) is 0 Å². The molecule has 0 aromatic heterocycles. The lowest BCUT2D eigenvalue weighted by molar-refractivity contribution is -0.162. The molecule has 0 heterocycles. The van der Waals surface area contributed by atoms with Crippen molar-refractivity contribution >= 4 is 5.97 Å². The van der Waals surface area contributed by atoms with Crippen LogP contribution in [-0.2, 0) is 9.53 Å². The van der Waals surface area contributed by atoms with Crippen LogP contribution in [0.1, 0.15) is 183 Å². The van der Waals surface area contributed by atoms with E-state index in [1.165, 1.54) is 89.9 Å². The molecule has 0 amide bonds. The number of carbonyl (C=O) groups excluding carboxylic acids is 1. The smallest absolute Gasteiger partial charge is 0.306 e. The van der Waals surface area contributed by atoms with E-state index < -0.39 is 0 Å². The van der Waals surface area contributed by atoms with Gasteiger partial charge in [0.2, 0.25) is 0 Å². The van der Waals surface area contributed by atoms with Gasteiger partial charge in [-0.25, -0.2) is 0 Å². The second-order valence-electron chi connectivity index (χ2n) is 17.7. The van der Waals surface area contributed by atoms with Gasteiger partial charge in [0.05, 0.1) is 0 Å². The number of hydrogen-bond donors (Lipinski definition) is 0. The minimum absolute atomic E-state index is 0.0508. The summed E-state index contributed by atoms with van der Waals surface area (Å²) < 4.78 is 6.14. The maximum atomic E-state index is 12.8. The first-order valence-electron chi connectivity index (χ1n) is 20.8. The normalized spacial score (nSPS) is 34.6. The molecule has 0 spiro atoms. The van der Waals surface area contributed by atoms with Crippen LogP contribution in [0.15, 0.2) is 36.5 Å². The van der Waals surface area contributed by atoms with Gasteiger partial charge in [0.25, 0.3) is 0 Å². The molecule has 0 aliphatic heterocycles. The van der Waals surface area contributed by atoms with Crippen molar-refractivity contribution in [2.45, 2.75) is 189 Å². The Labute approximate surface area is 292 Å². The van der Waals surface area contributed by atoms with Crippen LogP contribution in [0.5, 0.6) is 0 Å². The number of allylic oxidation sites excluding steroid dienone is 6. The van der Waals surface area contributed by atoms with E-state index in [4.69, 9.17) is 4.74 Å². The van der Waals surface area contributed by atoms with Crippen LogP contribution < -0.4 is 0 Å². The monoisotopic (exact) mass is 649 g/mol. The molecule has 2 nitrogen and oxygen atoms in total. The molecule has 0 aromatic carbocycles. The highest BCUT2D eigenvalue weighted by Crippen LogP contribution is 2.68. The third-order valence-electron chi connectivity index (χ3n) is 14.1. The molecule has 9 atom stereocenters. The molecule has 0 aromatic rings. The van der Waals surface area contributed by atoms with Gasteiger partial charge in [0, 0.05) is 6.42 Å². The number of esters is 1. The van der Waals surface area contributed by atoms with Crippen LogP contribution in [-0.4, -0.2) is 12.1 Å². The second kappa shape index (κ2) is 19.2. The molecule has 47 heavy (non-hydrogen) atoms. The first kappa shape index (κ1) is 38.5. The van der Waals surface area contributed by atoms with E-state index in [0.717, 1.165) is 86.4 Å². The SMILES string of the molecule is CCCCCC=CCC=CCC=CCCCCC(=O)OC1CC[C@@]2(C)C(CC[C@H]3[C@@H]4CC[C@H]([C@H](C)CCCC(C)C)[C@@]4(C)CC[C@@H]32)C1. The summed E-state index contributed by atoms with van der Waals surface area (Å²) in [7, 11) is 0.